The van der Waals surface area contributed by atoms with Crippen molar-refractivity contribution in [3.05, 3.63) is 70.1 Å². The van der Waals surface area contributed by atoms with Crippen molar-refractivity contribution in [2.24, 2.45) is 5.41 Å². The van der Waals surface area contributed by atoms with E-state index >= 15 is 4.39 Å². The van der Waals surface area contributed by atoms with Gasteiger partial charge in [-0.15, -0.1) is 0 Å². The summed E-state index contributed by atoms with van der Waals surface area (Å²) in [4.78, 5) is 18.6. The van der Waals surface area contributed by atoms with Crippen molar-refractivity contribution in [2.45, 2.75) is 44.7 Å². The zero-order valence-electron chi connectivity index (χ0n) is 21.0. The molecule has 1 aliphatic heterocycles. The highest BCUT2D eigenvalue weighted by molar-refractivity contribution is 6.32. The molecule has 0 aliphatic carbocycles. The fraction of sp³-hybridized carbons (Fsp3) is 0.429. The van der Waals surface area contributed by atoms with Gasteiger partial charge in [-0.2, -0.15) is 0 Å². The smallest absolute Gasteiger partial charge is 0.309 e. The number of nitrogens with zero attached hydrogens (tertiary/aromatic N) is 2. The number of carboxylic acids is 1. The molecular weight excluding hydrogens is 524 g/mol. The first-order valence-corrected chi connectivity index (χ1v) is 12.9. The van der Waals surface area contributed by atoms with Gasteiger partial charge in [-0.1, -0.05) is 11.6 Å². The van der Waals surface area contributed by atoms with E-state index in [1.165, 1.54) is 13.3 Å². The molecule has 1 saturated heterocycles. The van der Waals surface area contributed by atoms with Crippen LogP contribution in [0, 0.1) is 22.9 Å². The number of alkyl halides is 1. The maximum Gasteiger partial charge on any atom is 0.309 e. The van der Waals surface area contributed by atoms with E-state index in [1.807, 2.05) is 4.90 Å². The Hall–Kier alpha value is -2.91. The summed E-state index contributed by atoms with van der Waals surface area (Å²) >= 11 is 6.32. The molecule has 10 heteroatoms. The molecule has 204 valence electrons. The lowest BCUT2D eigenvalue weighted by Gasteiger charge is -2.39. The van der Waals surface area contributed by atoms with E-state index in [4.69, 9.17) is 16.3 Å². The molecule has 38 heavy (non-hydrogen) atoms. The highest BCUT2D eigenvalue weighted by Crippen LogP contribution is 2.42. The minimum atomic E-state index is -1.49. The van der Waals surface area contributed by atoms with Crippen LogP contribution in [0.2, 0.25) is 5.02 Å². The number of benzene rings is 2. The summed E-state index contributed by atoms with van der Waals surface area (Å²) in [7, 11) is 1.51. The number of methoxy groups -OCH3 is 1. The van der Waals surface area contributed by atoms with Crippen LogP contribution in [0.4, 0.5) is 17.6 Å². The third-order valence-corrected chi connectivity index (χ3v) is 7.81. The van der Waals surface area contributed by atoms with Gasteiger partial charge in [-0.05, 0) is 88.0 Å². The van der Waals surface area contributed by atoms with Gasteiger partial charge in [0, 0.05) is 23.2 Å². The number of hydrogen-bond donors (Lipinski definition) is 1. The molecule has 0 amide bonds. The van der Waals surface area contributed by atoms with Crippen LogP contribution in [0.5, 0.6) is 5.75 Å². The molecule has 1 fully saturated rings. The molecule has 1 N–H and O–H groups in total. The SMILES string of the molecule is COc1ccc2ncc(Cl)c([C@@H](F)CCC3(C(=O)O)CCN(CCCc4cc(F)cc(F)c4F)CC3)c2c1. The first kappa shape index (κ1) is 28.1. The van der Waals surface area contributed by atoms with Gasteiger partial charge >= 0.3 is 5.97 Å². The number of rotatable bonds is 10. The molecule has 4 rings (SSSR count). The zero-order valence-corrected chi connectivity index (χ0v) is 21.7. The number of hydrogen-bond acceptors (Lipinski definition) is 4. The van der Waals surface area contributed by atoms with Crippen molar-refractivity contribution in [3.8, 4) is 5.75 Å². The van der Waals surface area contributed by atoms with E-state index in [1.54, 1.807) is 18.2 Å². The number of piperidine rings is 1. The van der Waals surface area contributed by atoms with Gasteiger partial charge in [0.15, 0.2) is 11.6 Å². The van der Waals surface area contributed by atoms with Crippen LogP contribution in [0.15, 0.2) is 36.5 Å². The zero-order chi connectivity index (χ0) is 27.4. The largest absolute Gasteiger partial charge is 0.497 e. The highest BCUT2D eigenvalue weighted by Gasteiger charge is 2.41. The first-order chi connectivity index (χ1) is 18.1. The molecule has 2 aromatic carbocycles. The molecule has 0 saturated carbocycles. The maximum absolute atomic E-state index is 15.6. The summed E-state index contributed by atoms with van der Waals surface area (Å²) in [5, 5.41) is 10.8. The van der Waals surface area contributed by atoms with Crippen molar-refractivity contribution in [1.29, 1.82) is 0 Å². The Labute approximate surface area is 223 Å². The quantitative estimate of drug-likeness (QED) is 0.219. The van der Waals surface area contributed by atoms with Crippen LogP contribution < -0.4 is 4.74 Å². The van der Waals surface area contributed by atoms with Gasteiger partial charge in [-0.25, -0.2) is 17.6 Å². The Balaban J connectivity index is 1.37. The number of fused-ring (bicyclic) bond motifs is 1. The maximum atomic E-state index is 15.6. The predicted molar refractivity (Wildman–Crippen MR) is 137 cm³/mol. The Morgan fingerprint density at radius 1 is 1.21 bits per heavy atom. The van der Waals surface area contributed by atoms with E-state index in [0.29, 0.717) is 61.6 Å². The van der Waals surface area contributed by atoms with Crippen molar-refractivity contribution < 1.29 is 32.2 Å². The fourth-order valence-corrected chi connectivity index (χ4v) is 5.49. The minimum Gasteiger partial charge on any atom is -0.497 e. The van der Waals surface area contributed by atoms with Gasteiger partial charge in [0.1, 0.15) is 17.7 Å². The van der Waals surface area contributed by atoms with Gasteiger partial charge in [0.2, 0.25) is 0 Å². The molecule has 0 unspecified atom stereocenters. The van der Waals surface area contributed by atoms with Crippen molar-refractivity contribution in [2.75, 3.05) is 26.7 Å². The molecular formula is C28H29ClF4N2O3. The average Bonchev–Trinajstić information content (AvgIpc) is 2.90. The molecule has 2 heterocycles. The molecule has 0 spiro atoms. The monoisotopic (exact) mass is 552 g/mol. The number of aromatic nitrogens is 1. The van der Waals surface area contributed by atoms with E-state index in [0.717, 1.165) is 6.07 Å². The summed E-state index contributed by atoms with van der Waals surface area (Å²) in [5.74, 6) is -3.51. The second-order valence-corrected chi connectivity index (χ2v) is 10.2. The van der Waals surface area contributed by atoms with Crippen molar-refractivity contribution >= 4 is 28.5 Å². The normalized spacial score (nSPS) is 16.5. The Bertz CT molecular complexity index is 1310. The number of aliphatic carboxylic acids is 1. The third-order valence-electron chi connectivity index (χ3n) is 7.51. The van der Waals surface area contributed by atoms with Gasteiger partial charge in [0.05, 0.1) is 23.1 Å². The molecule has 0 bridgehead atoms. The number of carbonyl (C=O) groups is 1. The molecule has 5 nitrogen and oxygen atoms in total. The van der Waals surface area contributed by atoms with Crippen LogP contribution in [0.3, 0.4) is 0 Å². The van der Waals surface area contributed by atoms with E-state index in [9.17, 15) is 23.1 Å². The van der Waals surface area contributed by atoms with Gasteiger partial charge < -0.3 is 14.7 Å². The molecule has 0 radical (unpaired) electrons. The molecule has 1 atom stereocenters. The second kappa shape index (κ2) is 11.9. The molecule has 1 aliphatic rings. The predicted octanol–water partition coefficient (Wildman–Crippen LogP) is 6.90. The van der Waals surface area contributed by atoms with Crippen LogP contribution in [-0.4, -0.2) is 47.7 Å². The van der Waals surface area contributed by atoms with Crippen LogP contribution >= 0.6 is 11.6 Å². The van der Waals surface area contributed by atoms with Crippen molar-refractivity contribution in [1.82, 2.24) is 9.88 Å². The van der Waals surface area contributed by atoms with Gasteiger partial charge in [0.25, 0.3) is 0 Å². The number of ether oxygens (including phenoxy) is 1. The number of carboxylic acid groups (broad SMARTS) is 1. The number of pyridine rings is 1. The standard InChI is InChI=1S/C28H29ClF4N2O3/c1-38-19-4-5-24-20(15-19)25(21(29)16-34-24)22(31)6-7-28(27(36)37)8-11-35(12-9-28)10-2-3-17-13-18(30)14-23(32)26(17)33/h4-5,13-16,22H,2-3,6-12H2,1H3,(H,36,37)/t22-/m0/s1. The average molecular weight is 553 g/mol. The van der Waals surface area contributed by atoms with Crippen LogP contribution in [0.25, 0.3) is 10.9 Å². The lowest BCUT2D eigenvalue weighted by Crippen LogP contribution is -2.44. The fourth-order valence-electron chi connectivity index (χ4n) is 5.22. The Morgan fingerprint density at radius 2 is 1.95 bits per heavy atom. The summed E-state index contributed by atoms with van der Waals surface area (Å²) in [6, 6.07) is 6.62. The lowest BCUT2D eigenvalue weighted by atomic mass is 9.74. The summed E-state index contributed by atoms with van der Waals surface area (Å²) < 4.78 is 61.6. The molecule has 1 aromatic heterocycles. The second-order valence-electron chi connectivity index (χ2n) is 9.80. The van der Waals surface area contributed by atoms with E-state index in [-0.39, 0.29) is 35.4 Å². The topological polar surface area (TPSA) is 62.7 Å². The minimum absolute atomic E-state index is 0.0201. The number of halogens is 5. The van der Waals surface area contributed by atoms with Gasteiger partial charge in [-0.3, -0.25) is 9.78 Å². The molecule has 3 aromatic rings. The van der Waals surface area contributed by atoms with Crippen molar-refractivity contribution in [3.63, 3.8) is 0 Å². The summed E-state index contributed by atoms with van der Waals surface area (Å²) in [5.41, 5.74) is -0.260. The Kier molecular flexibility index (Phi) is 8.78. The summed E-state index contributed by atoms with van der Waals surface area (Å²) in [6.45, 7) is 1.47. The highest BCUT2D eigenvalue weighted by atomic mass is 35.5. The Morgan fingerprint density at radius 3 is 2.63 bits per heavy atom. The van der Waals surface area contributed by atoms with Crippen LogP contribution in [0.1, 0.15) is 49.4 Å². The number of likely N-dealkylation sites (tertiary alicyclic amines) is 1. The lowest BCUT2D eigenvalue weighted by molar-refractivity contribution is -0.153. The summed E-state index contributed by atoms with van der Waals surface area (Å²) in [6.07, 6.45) is 1.30. The first-order valence-electron chi connectivity index (χ1n) is 12.5. The third kappa shape index (κ3) is 6.04. The van der Waals surface area contributed by atoms with Crippen LogP contribution in [-0.2, 0) is 11.2 Å². The number of aryl methyl sites for hydroxylation is 1. The van der Waals surface area contributed by atoms with E-state index in [2.05, 4.69) is 4.98 Å². The van der Waals surface area contributed by atoms with E-state index < -0.39 is 35.0 Å².